The summed E-state index contributed by atoms with van der Waals surface area (Å²) in [6, 6.07) is 4.78. The van der Waals surface area contributed by atoms with E-state index < -0.39 is 5.97 Å². The maximum Gasteiger partial charge on any atom is 0.335 e. The highest BCUT2D eigenvalue weighted by atomic mass is 16.5. The Morgan fingerprint density at radius 1 is 1.27 bits per heavy atom. The standard InChI is InChI=1S/C17H25NO4/c1-4-12(5-2)10-16(19)18-9-8-13-6-7-14(17(20)21)11-15(13)22-3/h6-7,11-12H,4-5,8-10H2,1-3H3,(H,18,19)(H,20,21). The van der Waals surface area contributed by atoms with E-state index >= 15 is 0 Å². The number of carbonyl (C=O) groups excluding carboxylic acids is 1. The second kappa shape index (κ2) is 9.07. The van der Waals surface area contributed by atoms with Crippen LogP contribution in [0.2, 0.25) is 0 Å². The third kappa shape index (κ3) is 5.39. The first-order valence-electron chi connectivity index (χ1n) is 7.68. The van der Waals surface area contributed by atoms with Crippen molar-refractivity contribution in [3.05, 3.63) is 29.3 Å². The highest BCUT2D eigenvalue weighted by molar-refractivity contribution is 5.88. The number of benzene rings is 1. The largest absolute Gasteiger partial charge is 0.496 e. The molecule has 22 heavy (non-hydrogen) atoms. The molecule has 0 saturated carbocycles. The number of rotatable bonds is 9. The van der Waals surface area contributed by atoms with Gasteiger partial charge in [0, 0.05) is 13.0 Å². The van der Waals surface area contributed by atoms with Gasteiger partial charge < -0.3 is 15.2 Å². The number of ether oxygens (including phenoxy) is 1. The van der Waals surface area contributed by atoms with Crippen molar-refractivity contribution in [2.24, 2.45) is 5.92 Å². The summed E-state index contributed by atoms with van der Waals surface area (Å²) in [7, 11) is 1.51. The Morgan fingerprint density at radius 3 is 2.50 bits per heavy atom. The average Bonchev–Trinajstić information content (AvgIpc) is 2.52. The SMILES string of the molecule is CCC(CC)CC(=O)NCCc1ccc(C(=O)O)cc1OC. The van der Waals surface area contributed by atoms with Gasteiger partial charge in [-0.3, -0.25) is 4.79 Å². The van der Waals surface area contributed by atoms with E-state index in [1.54, 1.807) is 12.1 Å². The number of carbonyl (C=O) groups is 2. The molecule has 0 bridgehead atoms. The molecule has 0 aromatic heterocycles. The first-order chi connectivity index (χ1) is 10.5. The molecule has 0 aliphatic rings. The van der Waals surface area contributed by atoms with E-state index in [0.29, 0.717) is 31.1 Å². The molecule has 0 unspecified atom stereocenters. The van der Waals surface area contributed by atoms with E-state index in [9.17, 15) is 9.59 Å². The summed E-state index contributed by atoms with van der Waals surface area (Å²) in [5.74, 6) is 0.0525. The molecule has 0 aliphatic carbocycles. The fourth-order valence-electron chi connectivity index (χ4n) is 2.33. The molecule has 0 aliphatic heterocycles. The number of methoxy groups -OCH3 is 1. The van der Waals surface area contributed by atoms with Crippen LogP contribution in [0.4, 0.5) is 0 Å². The lowest BCUT2D eigenvalue weighted by molar-refractivity contribution is -0.122. The lowest BCUT2D eigenvalue weighted by atomic mass is 9.99. The zero-order chi connectivity index (χ0) is 16.5. The zero-order valence-electron chi connectivity index (χ0n) is 13.5. The lowest BCUT2D eigenvalue weighted by Crippen LogP contribution is -2.27. The molecule has 0 saturated heterocycles. The number of carboxylic acid groups (broad SMARTS) is 1. The van der Waals surface area contributed by atoms with Gasteiger partial charge in [0.25, 0.3) is 0 Å². The highest BCUT2D eigenvalue weighted by Crippen LogP contribution is 2.20. The van der Waals surface area contributed by atoms with E-state index in [0.717, 1.165) is 18.4 Å². The minimum absolute atomic E-state index is 0.0647. The van der Waals surface area contributed by atoms with Crippen LogP contribution in [-0.2, 0) is 11.2 Å². The highest BCUT2D eigenvalue weighted by Gasteiger charge is 2.11. The first-order valence-corrected chi connectivity index (χ1v) is 7.68. The summed E-state index contributed by atoms with van der Waals surface area (Å²) < 4.78 is 5.22. The van der Waals surface area contributed by atoms with Gasteiger partial charge in [-0.05, 0) is 30.0 Å². The normalized spacial score (nSPS) is 10.5. The average molecular weight is 307 g/mol. The van der Waals surface area contributed by atoms with Crippen LogP contribution in [0, 0.1) is 5.92 Å². The Labute approximate surface area is 131 Å². The van der Waals surface area contributed by atoms with E-state index in [-0.39, 0.29) is 11.5 Å². The third-order valence-corrected chi connectivity index (χ3v) is 3.88. The van der Waals surface area contributed by atoms with Crippen molar-refractivity contribution in [3.63, 3.8) is 0 Å². The fraction of sp³-hybridized carbons (Fsp3) is 0.529. The number of hydrogen-bond acceptors (Lipinski definition) is 3. The van der Waals surface area contributed by atoms with Gasteiger partial charge in [-0.1, -0.05) is 32.8 Å². The van der Waals surface area contributed by atoms with Gasteiger partial charge in [-0.15, -0.1) is 0 Å². The van der Waals surface area contributed by atoms with Crippen molar-refractivity contribution in [2.75, 3.05) is 13.7 Å². The Bertz CT molecular complexity index is 509. The van der Waals surface area contributed by atoms with Crippen LogP contribution in [0.5, 0.6) is 5.75 Å². The van der Waals surface area contributed by atoms with Crippen LogP contribution in [0.15, 0.2) is 18.2 Å². The molecule has 5 heteroatoms. The van der Waals surface area contributed by atoms with Crippen molar-refractivity contribution >= 4 is 11.9 Å². The second-order valence-corrected chi connectivity index (χ2v) is 5.32. The lowest BCUT2D eigenvalue weighted by Gasteiger charge is -2.13. The van der Waals surface area contributed by atoms with Crippen LogP contribution in [0.1, 0.15) is 49.0 Å². The Morgan fingerprint density at radius 2 is 1.95 bits per heavy atom. The monoisotopic (exact) mass is 307 g/mol. The minimum atomic E-state index is -0.983. The second-order valence-electron chi connectivity index (χ2n) is 5.32. The summed E-state index contributed by atoms with van der Waals surface area (Å²) in [6.07, 6.45) is 3.18. The Balaban J connectivity index is 2.54. The first kappa shape index (κ1) is 18.0. The van der Waals surface area contributed by atoms with Crippen LogP contribution in [0.3, 0.4) is 0 Å². The van der Waals surface area contributed by atoms with Crippen LogP contribution in [-0.4, -0.2) is 30.6 Å². The van der Waals surface area contributed by atoms with Gasteiger partial charge in [-0.25, -0.2) is 4.79 Å². The van der Waals surface area contributed by atoms with Gasteiger partial charge in [0.2, 0.25) is 5.91 Å². The van der Waals surface area contributed by atoms with Gasteiger partial charge in [0.05, 0.1) is 12.7 Å². The minimum Gasteiger partial charge on any atom is -0.496 e. The van der Waals surface area contributed by atoms with Crippen LogP contribution in [0.25, 0.3) is 0 Å². The van der Waals surface area contributed by atoms with Crippen LogP contribution < -0.4 is 10.1 Å². The Hall–Kier alpha value is -2.04. The van der Waals surface area contributed by atoms with Crippen molar-refractivity contribution < 1.29 is 19.4 Å². The van der Waals surface area contributed by atoms with Gasteiger partial charge in [-0.2, -0.15) is 0 Å². The van der Waals surface area contributed by atoms with Crippen molar-refractivity contribution in [2.45, 2.75) is 39.5 Å². The maximum atomic E-state index is 11.8. The van der Waals surface area contributed by atoms with Crippen LogP contribution >= 0.6 is 0 Å². The quantitative estimate of drug-likeness (QED) is 0.735. The van der Waals surface area contributed by atoms with Crippen molar-refractivity contribution in [1.82, 2.24) is 5.32 Å². The smallest absolute Gasteiger partial charge is 0.335 e. The van der Waals surface area contributed by atoms with Crippen molar-refractivity contribution in [1.29, 1.82) is 0 Å². The molecule has 0 spiro atoms. The molecule has 1 aromatic rings. The molecule has 1 aromatic carbocycles. The molecule has 0 heterocycles. The number of amides is 1. The number of carboxylic acids is 1. The molecule has 0 radical (unpaired) electrons. The molecule has 1 amide bonds. The summed E-state index contributed by atoms with van der Waals surface area (Å²) in [5, 5.41) is 11.9. The molecule has 0 fully saturated rings. The van der Waals surface area contributed by atoms with Gasteiger partial charge in [0.15, 0.2) is 0 Å². The molecule has 5 nitrogen and oxygen atoms in total. The fourth-order valence-corrected chi connectivity index (χ4v) is 2.33. The van der Waals surface area contributed by atoms with Gasteiger partial charge >= 0.3 is 5.97 Å². The number of aromatic carboxylic acids is 1. The predicted molar refractivity (Wildman–Crippen MR) is 85.4 cm³/mol. The molecule has 2 N–H and O–H groups in total. The third-order valence-electron chi connectivity index (χ3n) is 3.88. The molecule has 0 atom stereocenters. The van der Waals surface area contributed by atoms with E-state index in [4.69, 9.17) is 9.84 Å². The predicted octanol–water partition coefficient (Wildman–Crippen LogP) is 2.88. The Kier molecular flexibility index (Phi) is 7.43. The maximum absolute atomic E-state index is 11.8. The van der Waals surface area contributed by atoms with E-state index in [1.165, 1.54) is 13.2 Å². The molecule has 1 rings (SSSR count). The van der Waals surface area contributed by atoms with Gasteiger partial charge in [0.1, 0.15) is 5.75 Å². The van der Waals surface area contributed by atoms with Crippen molar-refractivity contribution in [3.8, 4) is 5.75 Å². The summed E-state index contributed by atoms with van der Waals surface area (Å²) >= 11 is 0. The summed E-state index contributed by atoms with van der Waals surface area (Å²) in [6.45, 7) is 4.70. The molecule has 122 valence electrons. The van der Waals surface area contributed by atoms with E-state index in [1.807, 2.05) is 0 Å². The van der Waals surface area contributed by atoms with E-state index in [2.05, 4.69) is 19.2 Å². The number of hydrogen-bond donors (Lipinski definition) is 2. The number of nitrogens with one attached hydrogen (secondary N) is 1. The molecular formula is C17H25NO4. The zero-order valence-corrected chi connectivity index (χ0v) is 13.5. The summed E-state index contributed by atoms with van der Waals surface area (Å²) in [4.78, 5) is 22.8. The molecular weight excluding hydrogens is 282 g/mol. The topological polar surface area (TPSA) is 75.6 Å². The summed E-state index contributed by atoms with van der Waals surface area (Å²) in [5.41, 5.74) is 1.08.